The van der Waals surface area contributed by atoms with Gasteiger partial charge in [0.15, 0.2) is 6.10 Å². The van der Waals surface area contributed by atoms with E-state index in [1.165, 1.54) is 0 Å². The predicted molar refractivity (Wildman–Crippen MR) is 105 cm³/mol. The van der Waals surface area contributed by atoms with E-state index in [1.54, 1.807) is 24.3 Å². The van der Waals surface area contributed by atoms with Crippen LogP contribution in [0.2, 0.25) is 0 Å². The van der Waals surface area contributed by atoms with Gasteiger partial charge in [-0.25, -0.2) is 4.79 Å². The number of ether oxygens (including phenoxy) is 2. The van der Waals surface area contributed by atoms with Gasteiger partial charge in [-0.2, -0.15) is 0 Å². The molecule has 5 heteroatoms. The van der Waals surface area contributed by atoms with E-state index in [2.05, 4.69) is 5.32 Å². The minimum absolute atomic E-state index is 0.135. The van der Waals surface area contributed by atoms with Crippen LogP contribution in [0.3, 0.4) is 0 Å². The molecule has 0 spiro atoms. The molecular weight excluding hydrogens is 354 g/mol. The Labute approximate surface area is 162 Å². The van der Waals surface area contributed by atoms with Crippen LogP contribution in [0.5, 0.6) is 5.75 Å². The van der Waals surface area contributed by atoms with E-state index >= 15 is 0 Å². The lowest BCUT2D eigenvalue weighted by Crippen LogP contribution is -2.27. The number of nitrogens with one attached hydrogen (secondary N) is 1. The van der Waals surface area contributed by atoms with Gasteiger partial charge in [0.2, 0.25) is 0 Å². The first-order chi connectivity index (χ1) is 13.7. The number of hydrogen-bond donors (Lipinski definition) is 1. The Morgan fingerprint density at radius 2 is 1.64 bits per heavy atom. The predicted octanol–water partition coefficient (Wildman–Crippen LogP) is 3.99. The Balaban J connectivity index is 1.30. The minimum atomic E-state index is -0.603. The maximum Gasteiger partial charge on any atom is 0.348 e. The quantitative estimate of drug-likeness (QED) is 0.687. The van der Waals surface area contributed by atoms with Gasteiger partial charge in [0.25, 0.3) is 5.91 Å². The molecule has 1 N–H and O–H groups in total. The number of fused-ring (bicyclic) bond motifs is 1. The van der Waals surface area contributed by atoms with Crippen LogP contribution in [-0.4, -0.2) is 18.0 Å². The fourth-order valence-corrected chi connectivity index (χ4v) is 3.04. The number of para-hydroxylation sites is 2. The fraction of sp³-hybridized carbons (Fsp3) is 0.130. The Bertz CT molecular complexity index is 958. The molecule has 1 atom stereocenters. The van der Waals surface area contributed by atoms with Crippen LogP contribution in [-0.2, 0) is 22.6 Å². The normalized spacial score (nSPS) is 14.6. The smallest absolute Gasteiger partial charge is 0.348 e. The first-order valence-electron chi connectivity index (χ1n) is 9.05. The van der Waals surface area contributed by atoms with Crippen molar-refractivity contribution < 1.29 is 19.1 Å². The lowest BCUT2D eigenvalue weighted by atomic mass is 10.1. The SMILES string of the molecule is O=C(Nc1ccccc1)c1ccc(COC(=O)[C@@H]2Cc3ccccc3O2)cc1. The highest BCUT2D eigenvalue weighted by Gasteiger charge is 2.30. The summed E-state index contributed by atoms with van der Waals surface area (Å²) in [5.74, 6) is 0.159. The molecule has 5 nitrogen and oxygen atoms in total. The van der Waals surface area contributed by atoms with Gasteiger partial charge in [0.05, 0.1) is 0 Å². The van der Waals surface area contributed by atoms with E-state index in [4.69, 9.17) is 9.47 Å². The van der Waals surface area contributed by atoms with Crippen LogP contribution in [0.4, 0.5) is 5.69 Å². The molecule has 0 aliphatic carbocycles. The first kappa shape index (κ1) is 17.8. The van der Waals surface area contributed by atoms with Gasteiger partial charge in [-0.15, -0.1) is 0 Å². The molecule has 4 rings (SSSR count). The zero-order valence-corrected chi connectivity index (χ0v) is 15.1. The van der Waals surface area contributed by atoms with E-state index in [1.807, 2.05) is 54.6 Å². The first-order valence-corrected chi connectivity index (χ1v) is 9.05. The molecule has 140 valence electrons. The average molecular weight is 373 g/mol. The third-order valence-electron chi connectivity index (χ3n) is 4.54. The highest BCUT2D eigenvalue weighted by Crippen LogP contribution is 2.28. The van der Waals surface area contributed by atoms with E-state index in [-0.39, 0.29) is 18.5 Å². The summed E-state index contributed by atoms with van der Waals surface area (Å²) < 4.78 is 11.0. The number of hydrogen-bond acceptors (Lipinski definition) is 4. The van der Waals surface area contributed by atoms with E-state index in [9.17, 15) is 9.59 Å². The molecule has 1 heterocycles. The van der Waals surface area contributed by atoms with Crippen molar-refractivity contribution in [2.24, 2.45) is 0 Å². The van der Waals surface area contributed by atoms with Crippen LogP contribution >= 0.6 is 0 Å². The second kappa shape index (κ2) is 7.96. The van der Waals surface area contributed by atoms with Crippen molar-refractivity contribution in [2.75, 3.05) is 5.32 Å². The Morgan fingerprint density at radius 3 is 2.39 bits per heavy atom. The number of benzene rings is 3. The minimum Gasteiger partial charge on any atom is -0.478 e. The summed E-state index contributed by atoms with van der Waals surface area (Å²) in [6.45, 7) is 0.135. The molecule has 0 aromatic heterocycles. The Kier molecular flexibility index (Phi) is 5.06. The number of carbonyl (C=O) groups excluding carboxylic acids is 2. The van der Waals surface area contributed by atoms with Crippen LogP contribution in [0, 0.1) is 0 Å². The summed E-state index contributed by atoms with van der Waals surface area (Å²) in [5, 5.41) is 2.83. The van der Waals surface area contributed by atoms with Crippen LogP contribution in [0.25, 0.3) is 0 Å². The van der Waals surface area contributed by atoms with Crippen molar-refractivity contribution in [3.63, 3.8) is 0 Å². The molecular formula is C23H19NO4. The van der Waals surface area contributed by atoms with Crippen molar-refractivity contribution in [1.29, 1.82) is 0 Å². The number of carbonyl (C=O) groups is 2. The summed E-state index contributed by atoms with van der Waals surface area (Å²) in [6, 6.07) is 23.8. The zero-order valence-electron chi connectivity index (χ0n) is 15.1. The summed E-state index contributed by atoms with van der Waals surface area (Å²) in [4.78, 5) is 24.5. The highest BCUT2D eigenvalue weighted by molar-refractivity contribution is 6.04. The van der Waals surface area contributed by atoms with Gasteiger partial charge < -0.3 is 14.8 Å². The molecule has 3 aromatic carbocycles. The number of rotatable bonds is 5. The monoisotopic (exact) mass is 373 g/mol. The summed E-state index contributed by atoms with van der Waals surface area (Å²) in [5.41, 5.74) is 3.09. The molecule has 0 fully saturated rings. The van der Waals surface area contributed by atoms with Crippen molar-refractivity contribution in [3.8, 4) is 5.75 Å². The lowest BCUT2D eigenvalue weighted by Gasteiger charge is -2.11. The third-order valence-corrected chi connectivity index (χ3v) is 4.54. The molecule has 0 unspecified atom stereocenters. The maximum atomic E-state index is 12.3. The van der Waals surface area contributed by atoms with Crippen LogP contribution in [0.15, 0.2) is 78.9 Å². The standard InChI is InChI=1S/C23H19NO4/c25-22(24-19-7-2-1-3-8-19)17-12-10-16(11-13-17)15-27-23(26)21-14-18-6-4-5-9-20(18)28-21/h1-13,21H,14-15H2,(H,24,25)/t21-/m0/s1. The molecule has 0 saturated heterocycles. The lowest BCUT2D eigenvalue weighted by molar-refractivity contribution is -0.152. The topological polar surface area (TPSA) is 64.6 Å². The van der Waals surface area contributed by atoms with Crippen LogP contribution < -0.4 is 10.1 Å². The van der Waals surface area contributed by atoms with Crippen molar-refractivity contribution >= 4 is 17.6 Å². The van der Waals surface area contributed by atoms with Crippen molar-refractivity contribution in [2.45, 2.75) is 19.1 Å². The van der Waals surface area contributed by atoms with Gasteiger partial charge in [0, 0.05) is 17.7 Å². The number of esters is 1. The Morgan fingerprint density at radius 1 is 0.929 bits per heavy atom. The van der Waals surface area contributed by atoms with E-state index in [0.717, 1.165) is 22.6 Å². The largest absolute Gasteiger partial charge is 0.478 e. The summed E-state index contributed by atoms with van der Waals surface area (Å²) >= 11 is 0. The second-order valence-electron chi connectivity index (χ2n) is 6.54. The fourth-order valence-electron chi connectivity index (χ4n) is 3.04. The molecule has 1 aliphatic heterocycles. The summed E-state index contributed by atoms with van der Waals surface area (Å²) in [7, 11) is 0. The van der Waals surface area contributed by atoms with Gasteiger partial charge >= 0.3 is 5.97 Å². The van der Waals surface area contributed by atoms with Gasteiger partial charge in [-0.1, -0.05) is 48.5 Å². The van der Waals surface area contributed by atoms with Gasteiger partial charge in [0.1, 0.15) is 12.4 Å². The molecule has 0 bridgehead atoms. The molecule has 1 aliphatic rings. The van der Waals surface area contributed by atoms with E-state index < -0.39 is 6.10 Å². The maximum absolute atomic E-state index is 12.3. The third kappa shape index (κ3) is 4.04. The molecule has 1 amide bonds. The second-order valence-corrected chi connectivity index (χ2v) is 6.54. The average Bonchev–Trinajstić information content (AvgIpc) is 3.17. The molecule has 0 saturated carbocycles. The van der Waals surface area contributed by atoms with E-state index in [0.29, 0.717) is 12.0 Å². The number of amides is 1. The Hall–Kier alpha value is -3.60. The molecule has 0 radical (unpaired) electrons. The van der Waals surface area contributed by atoms with Gasteiger partial charge in [-0.3, -0.25) is 4.79 Å². The van der Waals surface area contributed by atoms with Crippen molar-refractivity contribution in [1.82, 2.24) is 0 Å². The summed E-state index contributed by atoms with van der Waals surface area (Å²) in [6.07, 6.45) is -0.0820. The van der Waals surface area contributed by atoms with Crippen LogP contribution in [0.1, 0.15) is 21.5 Å². The zero-order chi connectivity index (χ0) is 19.3. The molecule has 28 heavy (non-hydrogen) atoms. The number of anilines is 1. The molecule has 3 aromatic rings. The van der Waals surface area contributed by atoms with Crippen molar-refractivity contribution in [3.05, 3.63) is 95.6 Å². The highest BCUT2D eigenvalue weighted by atomic mass is 16.6. The van der Waals surface area contributed by atoms with Gasteiger partial charge in [-0.05, 0) is 41.5 Å².